The zero-order valence-corrected chi connectivity index (χ0v) is 18.1. The fraction of sp³-hybridized carbons (Fsp3) is 0.650. The normalized spacial score (nSPS) is 25.1. The summed E-state index contributed by atoms with van der Waals surface area (Å²) in [5, 5.41) is 0. The van der Waals surface area contributed by atoms with Crippen molar-refractivity contribution in [1.82, 2.24) is 9.21 Å². The number of carbonyl (C=O) groups is 1. The molecule has 1 amide bonds. The molecule has 2 saturated heterocycles. The minimum absolute atomic E-state index is 0.0576. The van der Waals surface area contributed by atoms with Crippen LogP contribution in [0.3, 0.4) is 0 Å². The van der Waals surface area contributed by atoms with Gasteiger partial charge in [0.05, 0.1) is 43.3 Å². The summed E-state index contributed by atoms with van der Waals surface area (Å²) in [6.45, 7) is 11.5. The van der Waals surface area contributed by atoms with Crippen molar-refractivity contribution in [2.24, 2.45) is 0 Å². The van der Waals surface area contributed by atoms with Crippen LogP contribution in [-0.2, 0) is 19.6 Å². The predicted octanol–water partition coefficient (Wildman–Crippen LogP) is -0.172. The lowest BCUT2D eigenvalue weighted by atomic mass is 10.2. The van der Waals surface area contributed by atoms with Crippen LogP contribution in [0.15, 0.2) is 23.1 Å². The Balaban J connectivity index is 1.58. The van der Waals surface area contributed by atoms with E-state index >= 15 is 0 Å². The topological polar surface area (TPSA) is 71.4 Å². The van der Waals surface area contributed by atoms with E-state index in [1.54, 1.807) is 10.4 Å². The Bertz CT molecular complexity index is 809. The Labute approximate surface area is 168 Å². The number of benzene rings is 1. The largest absolute Gasteiger partial charge is 0.372 e. The van der Waals surface area contributed by atoms with Crippen LogP contribution in [0.4, 0.5) is 0 Å². The van der Waals surface area contributed by atoms with Gasteiger partial charge < -0.3 is 14.5 Å². The monoisotopic (exact) mass is 410 g/mol. The van der Waals surface area contributed by atoms with Crippen molar-refractivity contribution in [3.63, 3.8) is 0 Å². The molecule has 0 aromatic heterocycles. The third-order valence-corrected chi connectivity index (χ3v) is 7.61. The summed E-state index contributed by atoms with van der Waals surface area (Å²) < 4.78 is 33.3. The van der Waals surface area contributed by atoms with Crippen molar-refractivity contribution in [2.45, 2.75) is 44.8 Å². The number of morpholine rings is 1. The summed E-state index contributed by atoms with van der Waals surface area (Å²) in [6.07, 6.45) is 0.115. The Kier molecular flexibility index (Phi) is 6.44. The molecule has 156 valence electrons. The number of nitrogens with zero attached hydrogens (tertiary/aromatic N) is 2. The predicted molar refractivity (Wildman–Crippen MR) is 107 cm³/mol. The second kappa shape index (κ2) is 8.49. The van der Waals surface area contributed by atoms with Crippen LogP contribution in [0.5, 0.6) is 0 Å². The average molecular weight is 411 g/mol. The lowest BCUT2D eigenvalue weighted by Gasteiger charge is -2.37. The summed E-state index contributed by atoms with van der Waals surface area (Å²) in [7, 11) is -3.49. The second-order valence-electron chi connectivity index (χ2n) is 8.16. The first kappa shape index (κ1) is 21.2. The standard InChI is InChI=1S/C20H31N3O4S/c1-15-5-6-16(2)19(11-15)28(25,26)23-9-7-21(8-10-23)14-20(24)22-12-17(3)27-18(4)13-22/h5-6,11,17-18H,7-10,12-14H2,1-4H3/p+1/t17-,18+. The molecule has 0 spiro atoms. The maximum Gasteiger partial charge on any atom is 0.277 e. The molecule has 1 N–H and O–H groups in total. The minimum atomic E-state index is -3.49. The quantitative estimate of drug-likeness (QED) is 0.748. The molecule has 2 atom stereocenters. The van der Waals surface area contributed by atoms with Crippen molar-refractivity contribution in [3.8, 4) is 0 Å². The number of aryl methyl sites for hydroxylation is 2. The zero-order valence-electron chi connectivity index (χ0n) is 17.3. The van der Waals surface area contributed by atoms with Gasteiger partial charge in [-0.3, -0.25) is 4.79 Å². The third-order valence-electron chi connectivity index (χ3n) is 5.56. The lowest BCUT2D eigenvalue weighted by Crippen LogP contribution is -3.15. The molecule has 0 saturated carbocycles. The Morgan fingerprint density at radius 3 is 2.36 bits per heavy atom. The van der Waals surface area contributed by atoms with E-state index in [9.17, 15) is 13.2 Å². The lowest BCUT2D eigenvalue weighted by molar-refractivity contribution is -0.896. The maximum atomic E-state index is 13.0. The molecule has 3 rings (SSSR count). The van der Waals surface area contributed by atoms with Gasteiger partial charge >= 0.3 is 0 Å². The molecular formula is C20H32N3O4S+. The number of piperazine rings is 1. The van der Waals surface area contributed by atoms with Crippen LogP contribution in [0.2, 0.25) is 0 Å². The number of amides is 1. The number of carbonyl (C=O) groups excluding carboxylic acids is 1. The highest BCUT2D eigenvalue weighted by atomic mass is 32.2. The number of hydrogen-bond acceptors (Lipinski definition) is 4. The summed E-state index contributed by atoms with van der Waals surface area (Å²) >= 11 is 0. The average Bonchev–Trinajstić information content (AvgIpc) is 2.63. The van der Waals surface area contributed by atoms with Gasteiger partial charge in [-0.05, 0) is 44.9 Å². The molecule has 7 nitrogen and oxygen atoms in total. The highest BCUT2D eigenvalue weighted by Gasteiger charge is 2.34. The van der Waals surface area contributed by atoms with Crippen molar-refractivity contribution in [2.75, 3.05) is 45.8 Å². The zero-order chi connectivity index (χ0) is 20.5. The van der Waals surface area contributed by atoms with E-state index in [-0.39, 0.29) is 18.1 Å². The van der Waals surface area contributed by atoms with Gasteiger partial charge in [0.15, 0.2) is 6.54 Å². The SMILES string of the molecule is Cc1ccc(C)c(S(=O)(=O)N2CC[NH+](CC(=O)N3C[C@@H](C)O[C@@H](C)C3)CC2)c1. The summed E-state index contributed by atoms with van der Waals surface area (Å²) in [6, 6.07) is 5.52. The van der Waals surface area contributed by atoms with E-state index in [0.717, 1.165) is 16.0 Å². The summed E-state index contributed by atoms with van der Waals surface area (Å²) in [4.78, 5) is 16.1. The molecule has 28 heavy (non-hydrogen) atoms. The van der Waals surface area contributed by atoms with Crippen molar-refractivity contribution >= 4 is 15.9 Å². The highest BCUT2D eigenvalue weighted by molar-refractivity contribution is 7.89. The Morgan fingerprint density at radius 2 is 1.75 bits per heavy atom. The van der Waals surface area contributed by atoms with Gasteiger partial charge in [0.25, 0.3) is 5.91 Å². The fourth-order valence-electron chi connectivity index (χ4n) is 4.05. The first-order chi connectivity index (χ1) is 13.2. The van der Waals surface area contributed by atoms with Gasteiger partial charge in [0.1, 0.15) is 0 Å². The molecule has 2 aliphatic rings. The molecular weight excluding hydrogens is 378 g/mol. The summed E-state index contributed by atoms with van der Waals surface area (Å²) in [5.41, 5.74) is 1.71. The van der Waals surface area contributed by atoms with E-state index in [4.69, 9.17) is 4.74 Å². The number of quaternary nitrogens is 1. The minimum Gasteiger partial charge on any atom is -0.372 e. The molecule has 2 fully saturated rings. The number of nitrogens with one attached hydrogen (secondary N) is 1. The van der Waals surface area contributed by atoms with Crippen LogP contribution in [0.1, 0.15) is 25.0 Å². The number of hydrogen-bond donors (Lipinski definition) is 1. The van der Waals surface area contributed by atoms with Gasteiger partial charge in [-0.25, -0.2) is 8.42 Å². The van der Waals surface area contributed by atoms with Crippen molar-refractivity contribution in [1.29, 1.82) is 0 Å². The van der Waals surface area contributed by atoms with Gasteiger partial charge in [0.2, 0.25) is 10.0 Å². The number of sulfonamides is 1. The maximum absolute atomic E-state index is 13.0. The molecule has 0 aliphatic carbocycles. The van der Waals surface area contributed by atoms with E-state index in [0.29, 0.717) is 50.7 Å². The van der Waals surface area contributed by atoms with Crippen LogP contribution < -0.4 is 4.90 Å². The number of rotatable bonds is 4. The van der Waals surface area contributed by atoms with E-state index in [1.165, 1.54) is 0 Å². The van der Waals surface area contributed by atoms with Crippen LogP contribution >= 0.6 is 0 Å². The molecule has 0 radical (unpaired) electrons. The van der Waals surface area contributed by atoms with Crippen molar-refractivity contribution < 1.29 is 22.8 Å². The van der Waals surface area contributed by atoms with Gasteiger partial charge in [-0.2, -0.15) is 4.31 Å². The van der Waals surface area contributed by atoms with E-state index < -0.39 is 10.0 Å². The van der Waals surface area contributed by atoms with Crippen LogP contribution in [0, 0.1) is 13.8 Å². The van der Waals surface area contributed by atoms with E-state index in [1.807, 2.05) is 44.7 Å². The molecule has 0 unspecified atom stereocenters. The molecule has 0 bridgehead atoms. The molecule has 8 heteroatoms. The second-order valence-corrected chi connectivity index (χ2v) is 10.1. The van der Waals surface area contributed by atoms with Gasteiger partial charge in [-0.1, -0.05) is 12.1 Å². The van der Waals surface area contributed by atoms with Crippen molar-refractivity contribution in [3.05, 3.63) is 29.3 Å². The molecule has 2 heterocycles. The first-order valence-electron chi connectivity index (χ1n) is 10.0. The molecule has 1 aromatic rings. The van der Waals surface area contributed by atoms with E-state index in [2.05, 4.69) is 0 Å². The molecule has 1 aromatic carbocycles. The third kappa shape index (κ3) is 4.74. The van der Waals surface area contributed by atoms with Gasteiger partial charge in [-0.15, -0.1) is 0 Å². The summed E-state index contributed by atoms with van der Waals surface area (Å²) in [5.74, 6) is 0.128. The van der Waals surface area contributed by atoms with Gasteiger partial charge in [0, 0.05) is 13.1 Å². The highest BCUT2D eigenvalue weighted by Crippen LogP contribution is 2.21. The Morgan fingerprint density at radius 1 is 1.14 bits per heavy atom. The smallest absolute Gasteiger partial charge is 0.277 e. The number of ether oxygens (including phenoxy) is 1. The van der Waals surface area contributed by atoms with Crippen LogP contribution in [-0.4, -0.2) is 81.6 Å². The van der Waals surface area contributed by atoms with Crippen LogP contribution in [0.25, 0.3) is 0 Å². The first-order valence-corrected chi connectivity index (χ1v) is 11.4. The Hall–Kier alpha value is -1.48. The fourth-order valence-corrected chi connectivity index (χ4v) is 5.80. The molecule has 2 aliphatic heterocycles.